The number of nitrogens with zero attached hydrogens (tertiary/aromatic N) is 3. The summed E-state index contributed by atoms with van der Waals surface area (Å²) in [6, 6.07) is 11.7. The number of carbonyl (C=O) groups is 1. The summed E-state index contributed by atoms with van der Waals surface area (Å²) < 4.78 is 6.70. The molecule has 0 radical (unpaired) electrons. The van der Waals surface area contributed by atoms with Crippen molar-refractivity contribution in [2.24, 2.45) is 0 Å². The quantitative estimate of drug-likeness (QED) is 0.759. The van der Waals surface area contributed by atoms with Crippen LogP contribution < -0.4 is 4.74 Å². The van der Waals surface area contributed by atoms with Crippen molar-refractivity contribution in [3.05, 3.63) is 58.2 Å². The molecule has 122 valence electrons. The van der Waals surface area contributed by atoms with Gasteiger partial charge in [0.2, 0.25) is 0 Å². The Hall–Kier alpha value is -2.57. The van der Waals surface area contributed by atoms with Crippen LogP contribution in [0.1, 0.15) is 10.5 Å². The number of hydrogen-bond acceptors (Lipinski definition) is 4. The molecule has 0 atom stereocenters. The van der Waals surface area contributed by atoms with E-state index >= 15 is 0 Å². The Balaban J connectivity index is 2.29. The number of halogens is 2. The number of aromatic carboxylic acids is 1. The second-order valence-electron chi connectivity index (χ2n) is 4.83. The second-order valence-corrected chi connectivity index (χ2v) is 5.70. The fourth-order valence-electron chi connectivity index (χ4n) is 2.29. The van der Waals surface area contributed by atoms with E-state index in [9.17, 15) is 9.90 Å². The molecule has 0 spiro atoms. The molecule has 0 unspecified atom stereocenters. The Morgan fingerprint density at radius 2 is 1.79 bits per heavy atom. The maximum absolute atomic E-state index is 11.5. The normalized spacial score (nSPS) is 10.6. The Bertz CT molecular complexity index is 907. The minimum Gasteiger partial charge on any atom is -0.494 e. The summed E-state index contributed by atoms with van der Waals surface area (Å²) in [5.41, 5.74) is 1.21. The van der Waals surface area contributed by atoms with Crippen LogP contribution in [0.5, 0.6) is 5.75 Å². The third-order valence-corrected chi connectivity index (χ3v) is 3.85. The largest absolute Gasteiger partial charge is 0.494 e. The first-order valence-corrected chi connectivity index (χ1v) is 7.55. The van der Waals surface area contributed by atoms with Gasteiger partial charge in [-0.15, -0.1) is 5.10 Å². The monoisotopic (exact) mass is 363 g/mol. The molecule has 3 rings (SSSR count). The van der Waals surface area contributed by atoms with Crippen LogP contribution in [-0.2, 0) is 0 Å². The van der Waals surface area contributed by atoms with Crippen LogP contribution in [0.3, 0.4) is 0 Å². The maximum Gasteiger partial charge on any atom is 0.358 e. The van der Waals surface area contributed by atoms with Crippen molar-refractivity contribution in [2.45, 2.75) is 0 Å². The summed E-state index contributed by atoms with van der Waals surface area (Å²) >= 11 is 12.0. The van der Waals surface area contributed by atoms with Crippen LogP contribution in [0.15, 0.2) is 42.5 Å². The standard InChI is InChI=1S/C16H11Cl2N3O3/c1-24-13-7-6-11(18)8-12(13)21-15(14(16(22)23)19-20-21)9-2-4-10(17)5-3-9/h2-8H,1H3,(H,22,23). The van der Waals surface area contributed by atoms with Gasteiger partial charge >= 0.3 is 5.97 Å². The van der Waals surface area contributed by atoms with Crippen molar-refractivity contribution in [2.75, 3.05) is 7.11 Å². The first-order chi connectivity index (χ1) is 11.5. The van der Waals surface area contributed by atoms with Gasteiger partial charge in [0.1, 0.15) is 17.1 Å². The molecule has 0 saturated heterocycles. The first kappa shape index (κ1) is 16.3. The second kappa shape index (κ2) is 6.51. The number of carboxylic acids is 1. The molecule has 1 aromatic heterocycles. The van der Waals surface area contributed by atoms with Crippen LogP contribution in [0.25, 0.3) is 16.9 Å². The average molecular weight is 364 g/mol. The zero-order valence-electron chi connectivity index (χ0n) is 12.4. The molecule has 0 fully saturated rings. The number of rotatable bonds is 4. The van der Waals surface area contributed by atoms with E-state index in [1.54, 1.807) is 42.5 Å². The molecule has 2 aromatic carbocycles. The molecule has 0 aliphatic heterocycles. The Kier molecular flexibility index (Phi) is 4.42. The average Bonchev–Trinajstić information content (AvgIpc) is 3.00. The van der Waals surface area contributed by atoms with Gasteiger partial charge in [0.15, 0.2) is 5.69 Å². The number of carboxylic acid groups (broad SMARTS) is 1. The molecule has 0 bridgehead atoms. The molecule has 1 heterocycles. The lowest BCUT2D eigenvalue weighted by atomic mass is 10.1. The number of methoxy groups -OCH3 is 1. The van der Waals surface area contributed by atoms with Crippen molar-refractivity contribution in [1.29, 1.82) is 0 Å². The van der Waals surface area contributed by atoms with E-state index in [1.807, 2.05) is 0 Å². The predicted molar refractivity (Wildman–Crippen MR) is 90.3 cm³/mol. The van der Waals surface area contributed by atoms with Crippen LogP contribution in [-0.4, -0.2) is 33.2 Å². The van der Waals surface area contributed by atoms with Crippen molar-refractivity contribution >= 4 is 29.2 Å². The van der Waals surface area contributed by atoms with Gasteiger partial charge in [-0.2, -0.15) is 0 Å². The smallest absolute Gasteiger partial charge is 0.358 e. The highest BCUT2D eigenvalue weighted by Gasteiger charge is 2.23. The van der Waals surface area contributed by atoms with Gasteiger partial charge in [-0.3, -0.25) is 0 Å². The van der Waals surface area contributed by atoms with E-state index in [4.69, 9.17) is 27.9 Å². The van der Waals surface area contributed by atoms with E-state index < -0.39 is 5.97 Å². The summed E-state index contributed by atoms with van der Waals surface area (Å²) in [7, 11) is 1.50. The SMILES string of the molecule is COc1ccc(Cl)cc1-n1nnc(C(=O)O)c1-c1ccc(Cl)cc1. The van der Waals surface area contributed by atoms with E-state index in [0.717, 1.165) is 0 Å². The zero-order chi connectivity index (χ0) is 17.3. The molecule has 0 aliphatic rings. The molecule has 0 saturated carbocycles. The number of ether oxygens (including phenoxy) is 1. The molecular weight excluding hydrogens is 353 g/mol. The Morgan fingerprint density at radius 3 is 2.42 bits per heavy atom. The fourth-order valence-corrected chi connectivity index (χ4v) is 2.58. The van der Waals surface area contributed by atoms with Crippen molar-refractivity contribution in [1.82, 2.24) is 15.0 Å². The molecule has 6 nitrogen and oxygen atoms in total. The van der Waals surface area contributed by atoms with Crippen molar-refractivity contribution in [3.8, 4) is 22.7 Å². The van der Waals surface area contributed by atoms with E-state index in [0.29, 0.717) is 32.7 Å². The molecule has 3 aromatic rings. The minimum absolute atomic E-state index is 0.181. The molecule has 24 heavy (non-hydrogen) atoms. The van der Waals surface area contributed by atoms with Crippen LogP contribution in [0, 0.1) is 0 Å². The molecule has 0 amide bonds. The summed E-state index contributed by atoms with van der Waals surface area (Å²) in [4.78, 5) is 11.5. The van der Waals surface area contributed by atoms with Gasteiger partial charge in [0, 0.05) is 15.6 Å². The predicted octanol–water partition coefficient (Wildman–Crippen LogP) is 3.95. The van der Waals surface area contributed by atoms with Crippen LogP contribution in [0.2, 0.25) is 10.0 Å². The van der Waals surface area contributed by atoms with E-state index in [1.165, 1.54) is 11.8 Å². The fraction of sp³-hybridized carbons (Fsp3) is 0.0625. The first-order valence-electron chi connectivity index (χ1n) is 6.80. The summed E-state index contributed by atoms with van der Waals surface area (Å²) in [6.07, 6.45) is 0. The van der Waals surface area contributed by atoms with Crippen molar-refractivity contribution in [3.63, 3.8) is 0 Å². The topological polar surface area (TPSA) is 77.2 Å². The maximum atomic E-state index is 11.5. The summed E-state index contributed by atoms with van der Waals surface area (Å²) in [5.74, 6) is -0.705. The highest BCUT2D eigenvalue weighted by molar-refractivity contribution is 6.31. The van der Waals surface area contributed by atoms with E-state index in [2.05, 4.69) is 10.3 Å². The lowest BCUT2D eigenvalue weighted by Gasteiger charge is -2.12. The van der Waals surface area contributed by atoms with Crippen LogP contribution in [0.4, 0.5) is 0 Å². The molecule has 0 aliphatic carbocycles. The summed E-state index contributed by atoms with van der Waals surface area (Å²) in [6.45, 7) is 0. The Labute approximate surface area is 147 Å². The molecular formula is C16H11Cl2N3O3. The molecule has 8 heteroatoms. The number of hydrogen-bond donors (Lipinski definition) is 1. The number of benzene rings is 2. The van der Waals surface area contributed by atoms with Gasteiger partial charge in [0.25, 0.3) is 0 Å². The van der Waals surface area contributed by atoms with Gasteiger partial charge in [-0.25, -0.2) is 9.48 Å². The molecule has 1 N–H and O–H groups in total. The highest BCUT2D eigenvalue weighted by atomic mass is 35.5. The summed E-state index contributed by atoms with van der Waals surface area (Å²) in [5, 5.41) is 18.2. The van der Waals surface area contributed by atoms with E-state index in [-0.39, 0.29) is 5.69 Å². The zero-order valence-corrected chi connectivity index (χ0v) is 13.9. The van der Waals surface area contributed by atoms with Gasteiger partial charge < -0.3 is 9.84 Å². The van der Waals surface area contributed by atoms with Crippen molar-refractivity contribution < 1.29 is 14.6 Å². The van der Waals surface area contributed by atoms with Crippen LogP contribution >= 0.6 is 23.2 Å². The number of aromatic nitrogens is 3. The highest BCUT2D eigenvalue weighted by Crippen LogP contribution is 2.32. The minimum atomic E-state index is -1.19. The third kappa shape index (κ3) is 2.93. The van der Waals surface area contributed by atoms with Gasteiger partial charge in [0.05, 0.1) is 7.11 Å². The van der Waals surface area contributed by atoms with Gasteiger partial charge in [-0.05, 0) is 30.3 Å². The Morgan fingerprint density at radius 1 is 1.12 bits per heavy atom. The lowest BCUT2D eigenvalue weighted by molar-refractivity contribution is 0.0691. The third-order valence-electron chi connectivity index (χ3n) is 3.36. The lowest BCUT2D eigenvalue weighted by Crippen LogP contribution is -2.04. The van der Waals surface area contributed by atoms with Gasteiger partial charge in [-0.1, -0.05) is 40.5 Å².